The van der Waals surface area contributed by atoms with Crippen LogP contribution in [0.3, 0.4) is 0 Å². The molecule has 0 spiro atoms. The van der Waals surface area contributed by atoms with Gasteiger partial charge in [0, 0.05) is 6.04 Å². The number of benzene rings is 1. The van der Waals surface area contributed by atoms with E-state index in [2.05, 4.69) is 30.1 Å². The fourth-order valence-electron chi connectivity index (χ4n) is 2.00. The van der Waals surface area contributed by atoms with E-state index in [1.165, 1.54) is 17.9 Å². The highest BCUT2D eigenvalue weighted by Gasteiger charge is 2.16. The Kier molecular flexibility index (Phi) is 4.13. The highest BCUT2D eigenvalue weighted by atomic mass is 32.2. The van der Waals surface area contributed by atoms with Gasteiger partial charge in [0.25, 0.3) is 0 Å². The monoisotopic (exact) mass is 237 g/mol. The largest absolute Gasteiger partial charge is 0.508 e. The minimum Gasteiger partial charge on any atom is -0.508 e. The zero-order valence-electron chi connectivity index (χ0n) is 9.65. The second-order valence-electron chi connectivity index (χ2n) is 4.45. The number of rotatable bonds is 4. The third-order valence-electron chi connectivity index (χ3n) is 3.11. The third-order valence-corrected chi connectivity index (χ3v) is 4.34. The summed E-state index contributed by atoms with van der Waals surface area (Å²) in [7, 11) is 0. The van der Waals surface area contributed by atoms with Crippen LogP contribution >= 0.6 is 11.8 Å². The minimum absolute atomic E-state index is 0.317. The first-order valence-corrected chi connectivity index (χ1v) is 7.01. The first-order valence-electron chi connectivity index (χ1n) is 5.86. The number of phenols is 1. The summed E-state index contributed by atoms with van der Waals surface area (Å²) in [5.74, 6) is 3.78. The van der Waals surface area contributed by atoms with Crippen LogP contribution in [0.15, 0.2) is 24.3 Å². The molecular weight excluding hydrogens is 218 g/mol. The highest BCUT2D eigenvalue weighted by Crippen LogP contribution is 2.24. The van der Waals surface area contributed by atoms with Crippen molar-refractivity contribution in [2.24, 2.45) is 5.92 Å². The summed E-state index contributed by atoms with van der Waals surface area (Å²) < 4.78 is 0. The average Bonchev–Trinajstić information content (AvgIpc) is 2.78. The van der Waals surface area contributed by atoms with E-state index in [1.54, 1.807) is 6.07 Å². The van der Waals surface area contributed by atoms with Crippen molar-refractivity contribution < 1.29 is 5.11 Å². The van der Waals surface area contributed by atoms with Crippen molar-refractivity contribution >= 4 is 11.8 Å². The fraction of sp³-hybridized carbons (Fsp3) is 0.538. The molecule has 1 aliphatic rings. The molecule has 0 radical (unpaired) electrons. The lowest BCUT2D eigenvalue weighted by molar-refractivity contribution is 0.463. The maximum Gasteiger partial charge on any atom is 0.115 e. The molecule has 1 fully saturated rings. The van der Waals surface area contributed by atoms with E-state index >= 15 is 0 Å². The van der Waals surface area contributed by atoms with Crippen molar-refractivity contribution in [1.82, 2.24) is 5.32 Å². The van der Waals surface area contributed by atoms with E-state index < -0.39 is 0 Å². The Labute approximate surface area is 101 Å². The molecule has 0 bridgehead atoms. The zero-order valence-corrected chi connectivity index (χ0v) is 10.5. The van der Waals surface area contributed by atoms with E-state index in [0.717, 1.165) is 18.0 Å². The Morgan fingerprint density at radius 2 is 2.44 bits per heavy atom. The molecule has 2 unspecified atom stereocenters. The Bertz CT molecular complexity index is 336. The molecule has 0 aromatic heterocycles. The third kappa shape index (κ3) is 3.16. The van der Waals surface area contributed by atoms with Gasteiger partial charge >= 0.3 is 0 Å². The van der Waals surface area contributed by atoms with Crippen LogP contribution < -0.4 is 5.32 Å². The van der Waals surface area contributed by atoms with Gasteiger partial charge in [-0.05, 0) is 55.0 Å². The molecule has 0 aliphatic carbocycles. The predicted molar refractivity (Wildman–Crippen MR) is 70.0 cm³/mol. The minimum atomic E-state index is 0.317. The normalized spacial score (nSPS) is 22.2. The lowest BCUT2D eigenvalue weighted by atomic mass is 10.1. The summed E-state index contributed by atoms with van der Waals surface area (Å²) >= 11 is 2.05. The first-order chi connectivity index (χ1) is 7.75. The van der Waals surface area contributed by atoms with Gasteiger partial charge in [0.05, 0.1) is 0 Å². The van der Waals surface area contributed by atoms with Crippen LogP contribution in [0.2, 0.25) is 0 Å². The van der Waals surface area contributed by atoms with Crippen molar-refractivity contribution in [1.29, 1.82) is 0 Å². The fourth-order valence-corrected chi connectivity index (χ4v) is 3.28. The number of hydrogen-bond acceptors (Lipinski definition) is 3. The van der Waals surface area contributed by atoms with Gasteiger partial charge in [0.1, 0.15) is 5.75 Å². The van der Waals surface area contributed by atoms with Crippen LogP contribution in [0, 0.1) is 5.92 Å². The summed E-state index contributed by atoms with van der Waals surface area (Å²) in [6.45, 7) is 3.24. The predicted octanol–water partition coefficient (Wildman–Crippen LogP) is 2.80. The molecule has 0 saturated carbocycles. The van der Waals surface area contributed by atoms with Gasteiger partial charge in [-0.2, -0.15) is 11.8 Å². The number of hydrogen-bond donors (Lipinski definition) is 2. The lowest BCUT2D eigenvalue weighted by Gasteiger charge is -2.17. The molecule has 1 saturated heterocycles. The quantitative estimate of drug-likeness (QED) is 0.844. The molecule has 16 heavy (non-hydrogen) atoms. The zero-order chi connectivity index (χ0) is 11.4. The molecule has 2 atom stereocenters. The number of nitrogens with one attached hydrogen (secondary N) is 1. The number of thioether (sulfide) groups is 1. The molecule has 1 aromatic rings. The molecule has 3 heteroatoms. The maximum absolute atomic E-state index is 9.41. The smallest absolute Gasteiger partial charge is 0.115 e. The Hall–Kier alpha value is -0.670. The van der Waals surface area contributed by atoms with Crippen molar-refractivity contribution in [2.75, 3.05) is 18.1 Å². The molecule has 1 aliphatic heterocycles. The summed E-state index contributed by atoms with van der Waals surface area (Å²) in [6, 6.07) is 7.82. The number of phenolic OH excluding ortho intramolecular Hbond substituents is 1. The summed E-state index contributed by atoms with van der Waals surface area (Å²) in [6.07, 6.45) is 1.34. The standard InChI is InChI=1S/C13H19NOS/c1-10(12-3-2-4-13(15)7-12)14-8-11-5-6-16-9-11/h2-4,7,10-11,14-15H,5-6,8-9H2,1H3. The molecule has 2 N–H and O–H groups in total. The molecule has 88 valence electrons. The SMILES string of the molecule is CC(NCC1CCSC1)c1cccc(O)c1. The van der Waals surface area contributed by atoms with Crippen molar-refractivity contribution in [3.8, 4) is 5.75 Å². The van der Waals surface area contributed by atoms with E-state index in [9.17, 15) is 5.11 Å². The van der Waals surface area contributed by atoms with Crippen molar-refractivity contribution in [2.45, 2.75) is 19.4 Å². The van der Waals surface area contributed by atoms with Gasteiger partial charge in [0.15, 0.2) is 0 Å². The van der Waals surface area contributed by atoms with Crippen molar-refractivity contribution in [3.05, 3.63) is 29.8 Å². The Balaban J connectivity index is 1.85. The summed E-state index contributed by atoms with van der Waals surface area (Å²) in [5, 5.41) is 13.0. The molecular formula is C13H19NOS. The number of aromatic hydroxyl groups is 1. The second-order valence-corrected chi connectivity index (χ2v) is 5.60. The first kappa shape index (κ1) is 11.8. The van der Waals surface area contributed by atoms with E-state index in [1.807, 2.05) is 12.1 Å². The molecule has 1 aromatic carbocycles. The molecule has 0 amide bonds. The summed E-state index contributed by atoms with van der Waals surface area (Å²) in [4.78, 5) is 0. The van der Waals surface area contributed by atoms with Crippen LogP contribution in [-0.2, 0) is 0 Å². The topological polar surface area (TPSA) is 32.3 Å². The van der Waals surface area contributed by atoms with E-state index in [0.29, 0.717) is 11.8 Å². The van der Waals surface area contributed by atoms with Gasteiger partial charge in [-0.15, -0.1) is 0 Å². The molecule has 2 rings (SSSR count). The van der Waals surface area contributed by atoms with Crippen LogP contribution in [-0.4, -0.2) is 23.2 Å². The van der Waals surface area contributed by atoms with Crippen molar-refractivity contribution in [3.63, 3.8) is 0 Å². The Morgan fingerprint density at radius 1 is 1.56 bits per heavy atom. The molecule has 1 heterocycles. The highest BCUT2D eigenvalue weighted by molar-refractivity contribution is 7.99. The summed E-state index contributed by atoms with van der Waals surface area (Å²) in [5.41, 5.74) is 1.16. The lowest BCUT2D eigenvalue weighted by Crippen LogP contribution is -2.25. The van der Waals surface area contributed by atoms with Crippen LogP contribution in [0.25, 0.3) is 0 Å². The van der Waals surface area contributed by atoms with Crippen LogP contribution in [0.4, 0.5) is 0 Å². The van der Waals surface area contributed by atoms with Gasteiger partial charge in [-0.3, -0.25) is 0 Å². The van der Waals surface area contributed by atoms with Gasteiger partial charge in [-0.1, -0.05) is 12.1 Å². The van der Waals surface area contributed by atoms with Gasteiger partial charge in [0.2, 0.25) is 0 Å². The van der Waals surface area contributed by atoms with E-state index in [-0.39, 0.29) is 0 Å². The van der Waals surface area contributed by atoms with Crippen LogP contribution in [0.1, 0.15) is 24.9 Å². The Morgan fingerprint density at radius 3 is 3.12 bits per heavy atom. The van der Waals surface area contributed by atoms with E-state index in [4.69, 9.17) is 0 Å². The van der Waals surface area contributed by atoms with Gasteiger partial charge < -0.3 is 10.4 Å². The second kappa shape index (κ2) is 5.60. The average molecular weight is 237 g/mol. The van der Waals surface area contributed by atoms with Crippen LogP contribution in [0.5, 0.6) is 5.75 Å². The maximum atomic E-state index is 9.41. The van der Waals surface area contributed by atoms with Gasteiger partial charge in [-0.25, -0.2) is 0 Å². The molecule has 2 nitrogen and oxygen atoms in total.